The minimum atomic E-state index is -4.55. The van der Waals surface area contributed by atoms with Crippen LogP contribution in [0.15, 0.2) is 52.3 Å². The summed E-state index contributed by atoms with van der Waals surface area (Å²) < 4.78 is 63.8. The molecule has 2 aromatic carbocycles. The van der Waals surface area contributed by atoms with Gasteiger partial charge in [0.05, 0.1) is 17.6 Å². The van der Waals surface area contributed by atoms with Crippen LogP contribution in [0.25, 0.3) is 12.2 Å². The maximum absolute atomic E-state index is 11.7. The number of hydrogen-bond acceptors (Lipinski definition) is 7. The highest BCUT2D eigenvalue weighted by atomic mass is 32.2. The predicted octanol–water partition coefficient (Wildman–Crippen LogP) is 1.12. The molecular weight excluding hydrogens is 410 g/mol. The summed E-state index contributed by atoms with van der Waals surface area (Å²) >= 11 is 0. The number of nitrogens with one attached hydrogen (secondary N) is 1. The van der Waals surface area contributed by atoms with E-state index in [9.17, 15) is 26.5 Å². The fourth-order valence-electron chi connectivity index (χ4n) is 2.24. The summed E-state index contributed by atoms with van der Waals surface area (Å²) in [7, 11) is -8.85. The van der Waals surface area contributed by atoms with Crippen molar-refractivity contribution in [1.82, 2.24) is 0 Å². The Morgan fingerprint density at radius 1 is 0.929 bits per heavy atom. The zero-order valence-electron chi connectivity index (χ0n) is 14.4. The molecule has 9 nitrogen and oxygen atoms in total. The van der Waals surface area contributed by atoms with E-state index < -0.39 is 32.9 Å². The van der Waals surface area contributed by atoms with Gasteiger partial charge in [-0.3, -0.25) is 9.11 Å². The number of aliphatic hydroxyl groups is 2. The molecule has 0 amide bonds. The van der Waals surface area contributed by atoms with Gasteiger partial charge in [0.2, 0.25) is 0 Å². The van der Waals surface area contributed by atoms with Crippen LogP contribution in [0.2, 0.25) is 0 Å². The highest BCUT2D eigenvalue weighted by Gasteiger charge is 2.15. The fraction of sp³-hybridized carbons (Fsp3) is 0.176. The van der Waals surface area contributed by atoms with E-state index in [1.807, 2.05) is 0 Å². The van der Waals surface area contributed by atoms with Crippen molar-refractivity contribution in [2.45, 2.75) is 15.9 Å². The van der Waals surface area contributed by atoms with Crippen LogP contribution in [-0.2, 0) is 20.2 Å². The number of anilines is 1. The first-order valence-electron chi connectivity index (χ1n) is 7.90. The Labute approximate surface area is 162 Å². The lowest BCUT2D eigenvalue weighted by Crippen LogP contribution is -2.23. The van der Waals surface area contributed by atoms with Crippen LogP contribution < -0.4 is 5.32 Å². The lowest BCUT2D eigenvalue weighted by molar-refractivity contribution is 0.105. The van der Waals surface area contributed by atoms with Crippen molar-refractivity contribution in [3.05, 3.63) is 53.6 Å². The van der Waals surface area contributed by atoms with Gasteiger partial charge in [-0.05, 0) is 35.4 Å². The van der Waals surface area contributed by atoms with Crippen LogP contribution in [0.1, 0.15) is 11.1 Å². The Balaban J connectivity index is 2.30. The van der Waals surface area contributed by atoms with Crippen LogP contribution in [0.3, 0.4) is 0 Å². The van der Waals surface area contributed by atoms with E-state index in [1.165, 1.54) is 54.6 Å². The molecule has 152 valence electrons. The second kappa shape index (κ2) is 8.82. The Bertz CT molecular complexity index is 1060. The summed E-state index contributed by atoms with van der Waals surface area (Å²) in [6.07, 6.45) is 1.89. The molecule has 5 N–H and O–H groups in total. The minimum Gasteiger partial charge on any atom is -0.394 e. The molecule has 0 saturated carbocycles. The second-order valence-electron chi connectivity index (χ2n) is 5.82. The minimum absolute atomic E-state index is 0.0171. The summed E-state index contributed by atoms with van der Waals surface area (Å²) in [5.74, 6) is 0. The number of aliphatic hydroxyl groups excluding tert-OH is 2. The first-order chi connectivity index (χ1) is 13.0. The smallest absolute Gasteiger partial charge is 0.295 e. The summed E-state index contributed by atoms with van der Waals surface area (Å²) in [5.41, 5.74) is 1.02. The Morgan fingerprint density at radius 2 is 1.57 bits per heavy atom. The van der Waals surface area contributed by atoms with E-state index >= 15 is 0 Å². The molecule has 0 fully saturated rings. The first-order valence-corrected chi connectivity index (χ1v) is 10.8. The Morgan fingerprint density at radius 3 is 2.11 bits per heavy atom. The van der Waals surface area contributed by atoms with Gasteiger partial charge in [0.15, 0.2) is 0 Å². The first kappa shape index (κ1) is 22.0. The van der Waals surface area contributed by atoms with Crippen LogP contribution in [-0.4, -0.2) is 55.4 Å². The zero-order chi connectivity index (χ0) is 20.9. The molecule has 0 radical (unpaired) electrons. The van der Waals surface area contributed by atoms with Gasteiger partial charge in [0.25, 0.3) is 20.2 Å². The highest BCUT2D eigenvalue weighted by molar-refractivity contribution is 7.86. The predicted molar refractivity (Wildman–Crippen MR) is 103 cm³/mol. The van der Waals surface area contributed by atoms with Crippen molar-refractivity contribution in [3.63, 3.8) is 0 Å². The van der Waals surface area contributed by atoms with E-state index in [0.29, 0.717) is 11.3 Å². The molecule has 2 rings (SSSR count). The molecule has 0 heterocycles. The summed E-state index contributed by atoms with van der Waals surface area (Å²) in [4.78, 5) is -0.648. The largest absolute Gasteiger partial charge is 0.394 e. The summed E-state index contributed by atoms with van der Waals surface area (Å²) in [6.45, 7) is -0.480. The molecule has 0 bridgehead atoms. The number of hydrogen-bond donors (Lipinski definition) is 5. The van der Waals surface area contributed by atoms with Gasteiger partial charge in [-0.1, -0.05) is 30.4 Å². The van der Waals surface area contributed by atoms with Gasteiger partial charge in [-0.25, -0.2) is 0 Å². The van der Waals surface area contributed by atoms with E-state index in [1.54, 1.807) is 0 Å². The number of rotatable bonds is 8. The van der Waals surface area contributed by atoms with Crippen molar-refractivity contribution in [2.24, 2.45) is 0 Å². The van der Waals surface area contributed by atoms with Gasteiger partial charge < -0.3 is 15.5 Å². The Kier molecular flexibility index (Phi) is 6.93. The standard InChI is InChI=1S/C17H19NO8S2/c19-11-15(20)10-18-14-6-5-13(17(9-14)28(24,25)26)4-1-12-2-7-16(8-3-12)27(21,22)23/h1-9,15,18-20H,10-11H2,(H,21,22,23)(H,24,25,26). The SMILES string of the molecule is O=S(=O)(O)c1ccc(C=Cc2ccc(NCC(O)CO)cc2S(=O)(=O)O)cc1. The summed E-state index contributed by atoms with van der Waals surface area (Å²) in [6, 6.07) is 9.36. The van der Waals surface area contributed by atoms with Crippen molar-refractivity contribution in [1.29, 1.82) is 0 Å². The van der Waals surface area contributed by atoms with Crippen molar-refractivity contribution in [3.8, 4) is 0 Å². The third-order valence-corrected chi connectivity index (χ3v) is 5.45. The van der Waals surface area contributed by atoms with Crippen molar-refractivity contribution < 1.29 is 36.2 Å². The van der Waals surface area contributed by atoms with Gasteiger partial charge in [-0.2, -0.15) is 16.8 Å². The third kappa shape index (κ3) is 6.12. The van der Waals surface area contributed by atoms with Crippen molar-refractivity contribution >= 4 is 38.1 Å². The molecule has 0 aliphatic heterocycles. The molecule has 28 heavy (non-hydrogen) atoms. The van der Waals surface area contributed by atoms with Gasteiger partial charge >= 0.3 is 0 Å². The molecule has 1 unspecified atom stereocenters. The normalized spacial score (nSPS) is 13.6. The lowest BCUT2D eigenvalue weighted by atomic mass is 10.1. The van der Waals surface area contributed by atoms with Crippen LogP contribution in [0, 0.1) is 0 Å². The van der Waals surface area contributed by atoms with Gasteiger partial charge in [-0.15, -0.1) is 0 Å². The highest BCUT2D eigenvalue weighted by Crippen LogP contribution is 2.23. The average molecular weight is 429 g/mol. The monoisotopic (exact) mass is 429 g/mol. The fourth-order valence-corrected chi connectivity index (χ4v) is 3.43. The van der Waals surface area contributed by atoms with E-state index in [0.717, 1.165) is 0 Å². The van der Waals surface area contributed by atoms with Crippen LogP contribution in [0.4, 0.5) is 5.69 Å². The number of benzene rings is 2. The van der Waals surface area contributed by atoms with E-state index in [2.05, 4.69) is 5.32 Å². The summed E-state index contributed by atoms with van der Waals surface area (Å²) in [5, 5.41) is 20.9. The van der Waals surface area contributed by atoms with E-state index in [-0.39, 0.29) is 21.9 Å². The van der Waals surface area contributed by atoms with E-state index in [4.69, 9.17) is 9.66 Å². The molecule has 1 atom stereocenters. The molecule has 2 aromatic rings. The topological polar surface area (TPSA) is 161 Å². The van der Waals surface area contributed by atoms with Gasteiger partial charge in [0, 0.05) is 12.2 Å². The van der Waals surface area contributed by atoms with Crippen LogP contribution in [0.5, 0.6) is 0 Å². The maximum atomic E-state index is 11.7. The lowest BCUT2D eigenvalue weighted by Gasteiger charge is -2.12. The van der Waals surface area contributed by atoms with Gasteiger partial charge in [0.1, 0.15) is 4.90 Å². The third-order valence-electron chi connectivity index (χ3n) is 3.68. The second-order valence-corrected chi connectivity index (χ2v) is 8.63. The molecule has 0 spiro atoms. The molecule has 0 aliphatic rings. The molecule has 11 heteroatoms. The average Bonchev–Trinajstić information content (AvgIpc) is 2.63. The Hall–Kier alpha value is -2.28. The van der Waals surface area contributed by atoms with Crippen molar-refractivity contribution in [2.75, 3.05) is 18.5 Å². The van der Waals surface area contributed by atoms with Crippen LogP contribution >= 0.6 is 0 Å². The quantitative estimate of drug-likeness (QED) is 0.306. The molecule has 0 saturated heterocycles. The maximum Gasteiger partial charge on any atom is 0.295 e. The molecular formula is C17H19NO8S2. The molecule has 0 aromatic heterocycles. The molecule has 0 aliphatic carbocycles. The zero-order valence-corrected chi connectivity index (χ0v) is 16.1.